The third-order valence-electron chi connectivity index (χ3n) is 3.72. The Labute approximate surface area is 154 Å². The number of thiazole rings is 1. The summed E-state index contributed by atoms with van der Waals surface area (Å²) in [5.74, 6) is 0. The Bertz CT molecular complexity index is 1100. The predicted molar refractivity (Wildman–Crippen MR) is 102 cm³/mol. The second-order valence-electron chi connectivity index (χ2n) is 5.50. The molecule has 0 atom stereocenters. The molecule has 2 N–H and O–H groups in total. The molecule has 0 aliphatic rings. The van der Waals surface area contributed by atoms with Gasteiger partial charge in [0.25, 0.3) is 10.0 Å². The molecule has 6 nitrogen and oxygen atoms in total. The number of hydrogen-bond acceptors (Lipinski definition) is 5. The predicted octanol–water partition coefficient (Wildman–Crippen LogP) is 4.00. The summed E-state index contributed by atoms with van der Waals surface area (Å²) in [5, 5.41) is 2.96. The second kappa shape index (κ2) is 6.74. The fraction of sp³-hybridized carbons (Fsp3) is 0. The van der Waals surface area contributed by atoms with Crippen LogP contribution in [0.2, 0.25) is 0 Å². The van der Waals surface area contributed by atoms with E-state index in [1.54, 1.807) is 23.5 Å². The Morgan fingerprint density at radius 1 is 0.962 bits per heavy atom. The Hall–Kier alpha value is -2.97. The van der Waals surface area contributed by atoms with Gasteiger partial charge in [-0.25, -0.2) is 9.97 Å². The van der Waals surface area contributed by atoms with Crippen molar-refractivity contribution in [1.82, 2.24) is 15.0 Å². The van der Waals surface area contributed by atoms with Gasteiger partial charge in [0.1, 0.15) is 5.01 Å². The Morgan fingerprint density at radius 2 is 1.73 bits per heavy atom. The minimum Gasteiger partial charge on any atom is -0.334 e. The highest BCUT2D eigenvalue weighted by Crippen LogP contribution is 2.29. The first kappa shape index (κ1) is 16.5. The van der Waals surface area contributed by atoms with Crippen LogP contribution < -0.4 is 4.72 Å². The van der Waals surface area contributed by atoms with E-state index in [0.717, 1.165) is 21.8 Å². The molecule has 4 rings (SSSR count). The minimum absolute atomic E-state index is 0.0218. The topological polar surface area (TPSA) is 87.7 Å². The quantitative estimate of drug-likeness (QED) is 0.546. The summed E-state index contributed by atoms with van der Waals surface area (Å²) in [5.41, 5.74) is 3.33. The zero-order valence-electron chi connectivity index (χ0n) is 13.5. The van der Waals surface area contributed by atoms with Gasteiger partial charge in [-0.2, -0.15) is 8.42 Å². The smallest absolute Gasteiger partial charge is 0.278 e. The molecule has 8 heteroatoms. The lowest BCUT2D eigenvalue weighted by molar-refractivity contribution is 0.598. The van der Waals surface area contributed by atoms with Crippen molar-refractivity contribution in [2.45, 2.75) is 5.03 Å². The first-order valence-corrected chi connectivity index (χ1v) is 10.1. The van der Waals surface area contributed by atoms with Crippen LogP contribution in [0.4, 0.5) is 5.69 Å². The van der Waals surface area contributed by atoms with Crippen molar-refractivity contribution in [2.24, 2.45) is 0 Å². The Morgan fingerprint density at radius 3 is 2.42 bits per heavy atom. The number of sulfonamides is 1. The second-order valence-corrected chi connectivity index (χ2v) is 8.01. The number of imidazole rings is 1. The van der Waals surface area contributed by atoms with Gasteiger partial charge in [0.2, 0.25) is 0 Å². The van der Waals surface area contributed by atoms with Crippen molar-refractivity contribution in [3.05, 3.63) is 72.5 Å². The van der Waals surface area contributed by atoms with Gasteiger partial charge in [-0.15, -0.1) is 11.3 Å². The van der Waals surface area contributed by atoms with Crippen molar-refractivity contribution in [3.63, 3.8) is 0 Å². The van der Waals surface area contributed by atoms with Crippen LogP contribution in [0.15, 0.2) is 77.5 Å². The third kappa shape index (κ3) is 3.37. The lowest BCUT2D eigenvalue weighted by atomic mass is 10.1. The van der Waals surface area contributed by atoms with E-state index in [9.17, 15) is 8.42 Å². The number of aromatic nitrogens is 3. The summed E-state index contributed by atoms with van der Waals surface area (Å²) in [4.78, 5) is 11.0. The van der Waals surface area contributed by atoms with Gasteiger partial charge in [0, 0.05) is 22.2 Å². The summed E-state index contributed by atoms with van der Waals surface area (Å²) >= 11 is 1.58. The van der Waals surface area contributed by atoms with Crippen LogP contribution >= 0.6 is 11.3 Å². The highest BCUT2D eigenvalue weighted by atomic mass is 32.2. The fourth-order valence-electron chi connectivity index (χ4n) is 2.43. The molecule has 0 unspecified atom stereocenters. The highest BCUT2D eigenvalue weighted by molar-refractivity contribution is 7.92. The van der Waals surface area contributed by atoms with Gasteiger partial charge in [-0.1, -0.05) is 42.5 Å². The molecule has 0 saturated carbocycles. The number of aromatic amines is 1. The van der Waals surface area contributed by atoms with Crippen LogP contribution in [0.5, 0.6) is 0 Å². The Kier molecular flexibility index (Phi) is 4.27. The molecule has 2 heterocycles. The molecule has 0 aliphatic heterocycles. The number of hydrogen-bond donors (Lipinski definition) is 2. The van der Waals surface area contributed by atoms with Crippen molar-refractivity contribution in [1.29, 1.82) is 0 Å². The maximum atomic E-state index is 12.2. The summed E-state index contributed by atoms with van der Waals surface area (Å²) in [7, 11) is -3.66. The van der Waals surface area contributed by atoms with Crippen molar-refractivity contribution < 1.29 is 8.42 Å². The largest absolute Gasteiger partial charge is 0.334 e. The monoisotopic (exact) mass is 382 g/mol. The number of nitrogens with zero attached hydrogens (tertiary/aromatic N) is 2. The van der Waals surface area contributed by atoms with Crippen LogP contribution in [0.3, 0.4) is 0 Å². The summed E-state index contributed by atoms with van der Waals surface area (Å²) < 4.78 is 26.9. The Balaban J connectivity index is 1.54. The normalized spacial score (nSPS) is 11.4. The zero-order chi connectivity index (χ0) is 18.0. The van der Waals surface area contributed by atoms with Gasteiger partial charge in [0.15, 0.2) is 5.03 Å². The number of benzene rings is 2. The van der Waals surface area contributed by atoms with Crippen LogP contribution in [0, 0.1) is 0 Å². The average Bonchev–Trinajstić information content (AvgIpc) is 3.35. The van der Waals surface area contributed by atoms with Gasteiger partial charge in [-0.05, 0) is 12.1 Å². The van der Waals surface area contributed by atoms with Crippen LogP contribution in [0.25, 0.3) is 21.8 Å². The lowest BCUT2D eigenvalue weighted by Gasteiger charge is -2.06. The molecule has 0 bridgehead atoms. The van der Waals surface area contributed by atoms with Gasteiger partial charge < -0.3 is 4.98 Å². The highest BCUT2D eigenvalue weighted by Gasteiger charge is 2.15. The molecule has 130 valence electrons. The number of nitrogens with one attached hydrogen (secondary N) is 2. The molecule has 0 fully saturated rings. The maximum Gasteiger partial charge on any atom is 0.278 e. The SMILES string of the molecule is O=S(=O)(Nc1ccc(-c2csc(-c3ccccc3)n2)cc1)c1cnc[nH]1. The maximum absolute atomic E-state index is 12.2. The van der Waals surface area contributed by atoms with Crippen LogP contribution in [0.1, 0.15) is 0 Å². The molecule has 0 radical (unpaired) electrons. The molecule has 0 aliphatic carbocycles. The van der Waals surface area contributed by atoms with E-state index < -0.39 is 10.0 Å². The molecule has 0 amide bonds. The van der Waals surface area contributed by atoms with Crippen molar-refractivity contribution >= 4 is 27.0 Å². The van der Waals surface area contributed by atoms with E-state index in [1.165, 1.54) is 12.5 Å². The summed E-state index contributed by atoms with van der Waals surface area (Å²) in [6.07, 6.45) is 2.58. The molecule has 26 heavy (non-hydrogen) atoms. The number of anilines is 1. The first-order valence-electron chi connectivity index (χ1n) is 7.74. The number of H-pyrrole nitrogens is 1. The molecular formula is C18H14N4O2S2. The average molecular weight is 382 g/mol. The molecule has 0 saturated heterocycles. The number of rotatable bonds is 5. The van der Waals surface area contributed by atoms with Crippen molar-refractivity contribution in [2.75, 3.05) is 4.72 Å². The van der Waals surface area contributed by atoms with E-state index in [4.69, 9.17) is 0 Å². The lowest BCUT2D eigenvalue weighted by Crippen LogP contribution is -2.13. The van der Waals surface area contributed by atoms with Crippen LogP contribution in [-0.4, -0.2) is 23.4 Å². The van der Waals surface area contributed by atoms with E-state index in [-0.39, 0.29) is 5.03 Å². The molecule has 4 aromatic rings. The van der Waals surface area contributed by atoms with E-state index in [1.807, 2.05) is 47.8 Å². The van der Waals surface area contributed by atoms with Gasteiger partial charge in [-0.3, -0.25) is 4.72 Å². The summed E-state index contributed by atoms with van der Waals surface area (Å²) in [6.45, 7) is 0. The molecule has 2 aromatic carbocycles. The zero-order valence-corrected chi connectivity index (χ0v) is 15.1. The molecule has 0 spiro atoms. The van der Waals surface area contributed by atoms with Crippen LogP contribution in [-0.2, 0) is 10.0 Å². The van der Waals surface area contributed by atoms with E-state index in [2.05, 4.69) is 19.7 Å². The molecular weight excluding hydrogens is 368 g/mol. The summed E-state index contributed by atoms with van der Waals surface area (Å²) in [6, 6.07) is 17.1. The first-order chi connectivity index (χ1) is 12.6. The fourth-order valence-corrected chi connectivity index (χ4v) is 4.23. The standard InChI is InChI=1S/C18H14N4O2S2/c23-26(24,17-10-19-12-20-17)22-15-8-6-13(7-9-15)16-11-25-18(21-16)14-4-2-1-3-5-14/h1-12,22H,(H,19,20). The van der Waals surface area contributed by atoms with Gasteiger partial charge in [0.05, 0.1) is 18.2 Å². The van der Waals surface area contributed by atoms with Crippen molar-refractivity contribution in [3.8, 4) is 21.8 Å². The minimum atomic E-state index is -3.66. The van der Waals surface area contributed by atoms with E-state index >= 15 is 0 Å². The van der Waals surface area contributed by atoms with E-state index in [0.29, 0.717) is 5.69 Å². The van der Waals surface area contributed by atoms with Gasteiger partial charge >= 0.3 is 0 Å². The third-order valence-corrected chi connectivity index (χ3v) is 5.92. The molecule has 2 aromatic heterocycles.